The zero-order valence-electron chi connectivity index (χ0n) is 16.4. The molecule has 0 saturated heterocycles. The maximum atomic E-state index is 12.7. The molecule has 0 bridgehead atoms. The van der Waals surface area contributed by atoms with E-state index in [-0.39, 0.29) is 10.8 Å². The first-order valence-electron chi connectivity index (χ1n) is 9.45. The second-order valence-electron chi connectivity index (χ2n) is 7.16. The van der Waals surface area contributed by atoms with E-state index in [0.29, 0.717) is 36.8 Å². The lowest BCUT2D eigenvalue weighted by molar-refractivity contribution is -0.118. The molecule has 0 saturated carbocycles. The number of rotatable bonds is 7. The molecule has 1 unspecified atom stereocenters. The Labute approximate surface area is 170 Å². The molecule has 2 aliphatic heterocycles. The Bertz CT molecular complexity index is 900. The Morgan fingerprint density at radius 1 is 1.29 bits per heavy atom. The van der Waals surface area contributed by atoms with Crippen LogP contribution < -0.4 is 10.1 Å². The van der Waals surface area contributed by atoms with Gasteiger partial charge in [0.05, 0.1) is 24.2 Å². The normalized spacial score (nSPS) is 20.4. The van der Waals surface area contributed by atoms with Crippen LogP contribution in [0.25, 0.3) is 0 Å². The summed E-state index contributed by atoms with van der Waals surface area (Å²) < 4.78 is 29.6. The van der Waals surface area contributed by atoms with E-state index in [9.17, 15) is 13.2 Å². The zero-order chi connectivity index (χ0) is 20.5. The third kappa shape index (κ3) is 4.14. The Morgan fingerprint density at radius 2 is 2.04 bits per heavy atom. The van der Waals surface area contributed by atoms with Crippen molar-refractivity contribution in [2.75, 3.05) is 33.4 Å². The number of hydrogen-bond acceptors (Lipinski definition) is 6. The maximum absolute atomic E-state index is 12.7. The lowest BCUT2D eigenvalue weighted by Gasteiger charge is -2.35. The molecule has 1 N–H and O–H groups in total. The smallest absolute Gasteiger partial charge is 0.268 e. The molecule has 154 valence electrons. The predicted octanol–water partition coefficient (Wildman–Crippen LogP) is 2.44. The summed E-state index contributed by atoms with van der Waals surface area (Å²) in [4.78, 5) is 16.9. The zero-order valence-corrected chi connectivity index (χ0v) is 17.9. The van der Waals surface area contributed by atoms with Crippen LogP contribution in [0.15, 0.2) is 34.4 Å². The third-order valence-corrected chi connectivity index (χ3v) is 6.26. The van der Waals surface area contributed by atoms with Crippen LogP contribution in [-0.4, -0.2) is 57.5 Å². The lowest BCUT2D eigenvalue weighted by Crippen LogP contribution is -2.43. The fourth-order valence-electron chi connectivity index (χ4n) is 3.79. The van der Waals surface area contributed by atoms with Crippen molar-refractivity contribution in [1.29, 1.82) is 0 Å². The van der Waals surface area contributed by atoms with Gasteiger partial charge in [-0.3, -0.25) is 9.69 Å². The Hall–Kier alpha value is -1.77. The summed E-state index contributed by atoms with van der Waals surface area (Å²) in [5.74, 6) is 0.402. The highest BCUT2D eigenvalue weighted by molar-refractivity contribution is 8.13. The van der Waals surface area contributed by atoms with Crippen LogP contribution in [0.1, 0.15) is 38.3 Å². The van der Waals surface area contributed by atoms with E-state index in [1.807, 2.05) is 18.9 Å². The highest BCUT2D eigenvalue weighted by Gasteiger charge is 2.40. The second-order valence-corrected chi connectivity index (χ2v) is 9.72. The van der Waals surface area contributed by atoms with Gasteiger partial charge in [0.25, 0.3) is 15.0 Å². The molecule has 3 rings (SSSR count). The maximum Gasteiger partial charge on any atom is 0.268 e. The molecule has 7 nitrogen and oxygen atoms in total. The molecule has 28 heavy (non-hydrogen) atoms. The highest BCUT2D eigenvalue weighted by Crippen LogP contribution is 2.39. The minimum Gasteiger partial charge on any atom is -0.493 e. The van der Waals surface area contributed by atoms with Gasteiger partial charge in [-0.05, 0) is 43.2 Å². The molecular formula is C19H26ClN3O4S. The van der Waals surface area contributed by atoms with Crippen LogP contribution in [0.5, 0.6) is 5.75 Å². The number of carbonyl (C=O) groups excluding carboxylic acids is 1. The third-order valence-electron chi connectivity index (χ3n) is 4.91. The van der Waals surface area contributed by atoms with Gasteiger partial charge >= 0.3 is 0 Å². The average Bonchev–Trinajstić information content (AvgIpc) is 2.96. The van der Waals surface area contributed by atoms with Gasteiger partial charge in [-0.1, -0.05) is 13.8 Å². The van der Waals surface area contributed by atoms with Gasteiger partial charge < -0.3 is 15.0 Å². The van der Waals surface area contributed by atoms with E-state index in [4.69, 9.17) is 15.4 Å². The molecular weight excluding hydrogens is 402 g/mol. The van der Waals surface area contributed by atoms with Crippen molar-refractivity contribution in [3.8, 4) is 5.75 Å². The van der Waals surface area contributed by atoms with E-state index in [0.717, 1.165) is 25.0 Å². The first kappa shape index (κ1) is 21.0. The van der Waals surface area contributed by atoms with Crippen LogP contribution >= 0.6 is 10.7 Å². The lowest BCUT2D eigenvalue weighted by atomic mass is 9.97. The number of amides is 1. The van der Waals surface area contributed by atoms with E-state index >= 15 is 0 Å². The first-order chi connectivity index (χ1) is 13.3. The standard InChI is InChI=1S/C19H26ClN3O4S/c1-4-8-23-11-15-17(21-19(24)18(15)22(3)12-23)14-10-13(28(20,25)26)6-7-16(14)27-9-5-2/h6-7,10,17H,4-5,8-9,11-12H2,1-3H3,(H,21,24). The average molecular weight is 428 g/mol. The van der Waals surface area contributed by atoms with E-state index in [2.05, 4.69) is 17.1 Å². The molecule has 2 aliphatic rings. The molecule has 1 aromatic rings. The fourth-order valence-corrected chi connectivity index (χ4v) is 4.58. The largest absolute Gasteiger partial charge is 0.493 e. The number of likely N-dealkylation sites (N-methyl/N-ethyl adjacent to an activating group) is 1. The minimum atomic E-state index is -3.90. The van der Waals surface area contributed by atoms with Gasteiger partial charge in [0, 0.05) is 29.8 Å². The monoisotopic (exact) mass is 427 g/mol. The van der Waals surface area contributed by atoms with Crippen LogP contribution in [0.2, 0.25) is 0 Å². The molecule has 0 radical (unpaired) electrons. The van der Waals surface area contributed by atoms with Crippen LogP contribution in [0.4, 0.5) is 0 Å². The number of benzene rings is 1. The fraction of sp³-hybridized carbons (Fsp3) is 0.526. The van der Waals surface area contributed by atoms with Crippen molar-refractivity contribution < 1.29 is 17.9 Å². The van der Waals surface area contributed by atoms with Gasteiger partial charge in [-0.15, -0.1) is 0 Å². The molecule has 0 spiro atoms. The summed E-state index contributed by atoms with van der Waals surface area (Å²) in [5.41, 5.74) is 2.19. The minimum absolute atomic E-state index is 0.00843. The summed E-state index contributed by atoms with van der Waals surface area (Å²) in [7, 11) is 3.56. The Kier molecular flexibility index (Phi) is 6.21. The number of nitrogens with one attached hydrogen (secondary N) is 1. The van der Waals surface area contributed by atoms with E-state index in [1.165, 1.54) is 12.1 Å². The van der Waals surface area contributed by atoms with Crippen LogP contribution in [0.3, 0.4) is 0 Å². The summed E-state index contributed by atoms with van der Waals surface area (Å²) in [6.07, 6.45) is 1.82. The summed E-state index contributed by atoms with van der Waals surface area (Å²) in [5, 5.41) is 3.00. The molecule has 0 fully saturated rings. The predicted molar refractivity (Wildman–Crippen MR) is 108 cm³/mol. The Balaban J connectivity index is 2.07. The molecule has 0 aliphatic carbocycles. The van der Waals surface area contributed by atoms with Crippen molar-refractivity contribution in [3.63, 3.8) is 0 Å². The highest BCUT2D eigenvalue weighted by atomic mass is 35.7. The number of hydrogen-bond donors (Lipinski definition) is 1. The van der Waals surface area contributed by atoms with Crippen molar-refractivity contribution in [3.05, 3.63) is 35.0 Å². The topological polar surface area (TPSA) is 78.9 Å². The summed E-state index contributed by atoms with van der Waals surface area (Å²) >= 11 is 0. The molecule has 9 heteroatoms. The quantitative estimate of drug-likeness (QED) is 0.673. The Morgan fingerprint density at radius 3 is 2.68 bits per heavy atom. The van der Waals surface area contributed by atoms with E-state index < -0.39 is 15.1 Å². The van der Waals surface area contributed by atoms with Gasteiger partial charge in [0.2, 0.25) is 0 Å². The molecule has 2 heterocycles. The number of ether oxygens (including phenoxy) is 1. The van der Waals surface area contributed by atoms with Gasteiger partial charge in [-0.25, -0.2) is 8.42 Å². The van der Waals surface area contributed by atoms with Crippen LogP contribution in [0, 0.1) is 0 Å². The number of halogens is 1. The van der Waals surface area contributed by atoms with Crippen LogP contribution in [-0.2, 0) is 13.8 Å². The van der Waals surface area contributed by atoms with Crippen molar-refractivity contribution in [2.24, 2.45) is 0 Å². The van der Waals surface area contributed by atoms with Crippen molar-refractivity contribution in [2.45, 2.75) is 37.6 Å². The SMILES string of the molecule is CCCOc1ccc(S(=O)(=O)Cl)cc1C1NC(=O)C2=C1CN(CCC)CN2C. The molecule has 1 aromatic carbocycles. The van der Waals surface area contributed by atoms with Gasteiger partial charge in [0.1, 0.15) is 11.4 Å². The molecule has 1 atom stereocenters. The summed E-state index contributed by atoms with van der Waals surface area (Å²) in [6.45, 7) is 6.84. The molecule has 1 amide bonds. The molecule has 0 aromatic heterocycles. The number of nitrogens with zero attached hydrogens (tertiary/aromatic N) is 2. The summed E-state index contributed by atoms with van der Waals surface area (Å²) in [6, 6.07) is 4.10. The number of carbonyl (C=O) groups is 1. The van der Waals surface area contributed by atoms with Crippen molar-refractivity contribution in [1.82, 2.24) is 15.1 Å². The first-order valence-corrected chi connectivity index (χ1v) is 11.8. The second kappa shape index (κ2) is 8.31. The van der Waals surface area contributed by atoms with Gasteiger partial charge in [-0.2, -0.15) is 0 Å². The van der Waals surface area contributed by atoms with E-state index in [1.54, 1.807) is 6.07 Å². The van der Waals surface area contributed by atoms with Gasteiger partial charge in [0.15, 0.2) is 0 Å². The van der Waals surface area contributed by atoms with Crippen molar-refractivity contribution >= 4 is 25.6 Å².